The van der Waals surface area contributed by atoms with Crippen LogP contribution in [0.4, 0.5) is 0 Å². The van der Waals surface area contributed by atoms with Crippen molar-refractivity contribution in [3.63, 3.8) is 0 Å². The van der Waals surface area contributed by atoms with Gasteiger partial charge in [-0.3, -0.25) is 9.78 Å². The highest BCUT2D eigenvalue weighted by Gasteiger charge is 2.10. The first-order valence-corrected chi connectivity index (χ1v) is 4.84. The van der Waals surface area contributed by atoms with E-state index in [0.717, 1.165) is 5.69 Å². The minimum atomic E-state index is -1.23. The molecule has 88 valence electrons. The van der Waals surface area contributed by atoms with Crippen LogP contribution in [0.1, 0.15) is 11.4 Å². The Bertz CT molecular complexity index is 382. The smallest absolute Gasteiger partial charge is 0.247 e. The average molecular weight is 225 g/mol. The molecule has 0 spiro atoms. The molecule has 1 heterocycles. The summed E-state index contributed by atoms with van der Waals surface area (Å²) < 4.78 is 0. The van der Waals surface area contributed by atoms with Crippen molar-refractivity contribution in [3.8, 4) is 5.75 Å². The molecule has 6 heteroatoms. The first kappa shape index (κ1) is 12.4. The van der Waals surface area contributed by atoms with Crippen molar-refractivity contribution in [2.24, 2.45) is 5.73 Å². The summed E-state index contributed by atoms with van der Waals surface area (Å²) in [6.07, 6.45) is -1.23. The molecule has 5 N–H and O–H groups in total. The number of aromatic nitrogens is 1. The van der Waals surface area contributed by atoms with E-state index in [1.165, 1.54) is 0 Å². The Kier molecular flexibility index (Phi) is 4.21. The fraction of sp³-hybridized carbons (Fsp3) is 0.400. The maximum Gasteiger partial charge on any atom is 0.247 e. The summed E-state index contributed by atoms with van der Waals surface area (Å²) in [6.45, 7) is 2.10. The molecule has 16 heavy (non-hydrogen) atoms. The number of primary amides is 1. The van der Waals surface area contributed by atoms with E-state index in [1.54, 1.807) is 19.1 Å². The number of hydrogen-bond acceptors (Lipinski definition) is 5. The highest BCUT2D eigenvalue weighted by Crippen LogP contribution is 2.13. The van der Waals surface area contributed by atoms with Gasteiger partial charge in [0.05, 0.1) is 5.69 Å². The molecule has 0 saturated heterocycles. The summed E-state index contributed by atoms with van der Waals surface area (Å²) in [5.41, 5.74) is 6.13. The predicted molar refractivity (Wildman–Crippen MR) is 57.5 cm³/mol. The highest BCUT2D eigenvalue weighted by molar-refractivity contribution is 5.78. The van der Waals surface area contributed by atoms with Gasteiger partial charge in [-0.15, -0.1) is 0 Å². The fourth-order valence-corrected chi connectivity index (χ4v) is 1.16. The maximum absolute atomic E-state index is 10.5. The van der Waals surface area contributed by atoms with E-state index in [9.17, 15) is 9.90 Å². The molecule has 0 aliphatic heterocycles. The minimum absolute atomic E-state index is 0.0321. The second-order valence-electron chi connectivity index (χ2n) is 3.47. The molecule has 0 bridgehead atoms. The first-order valence-electron chi connectivity index (χ1n) is 4.84. The van der Waals surface area contributed by atoms with Crippen molar-refractivity contribution < 1.29 is 15.0 Å². The Morgan fingerprint density at radius 2 is 2.31 bits per heavy atom. The van der Waals surface area contributed by atoms with Crippen molar-refractivity contribution in [2.45, 2.75) is 19.6 Å². The number of nitrogens with zero attached hydrogens (tertiary/aromatic N) is 1. The number of nitrogens with two attached hydrogens (primary N) is 1. The lowest BCUT2D eigenvalue weighted by molar-refractivity contribution is -0.125. The van der Waals surface area contributed by atoms with E-state index in [1.807, 2.05) is 0 Å². The van der Waals surface area contributed by atoms with Gasteiger partial charge in [0.15, 0.2) is 0 Å². The number of carbonyl (C=O) groups excluding carboxylic acids is 1. The molecule has 6 nitrogen and oxygen atoms in total. The third-order valence-corrected chi connectivity index (χ3v) is 2.05. The van der Waals surface area contributed by atoms with E-state index in [2.05, 4.69) is 10.3 Å². The zero-order chi connectivity index (χ0) is 12.1. The number of aryl methyl sites for hydroxylation is 1. The van der Waals surface area contributed by atoms with Crippen LogP contribution >= 0.6 is 0 Å². The number of aliphatic hydroxyl groups excluding tert-OH is 1. The number of carbonyl (C=O) groups is 1. The van der Waals surface area contributed by atoms with E-state index in [4.69, 9.17) is 10.8 Å². The lowest BCUT2D eigenvalue weighted by atomic mass is 10.2. The second-order valence-corrected chi connectivity index (χ2v) is 3.47. The average Bonchev–Trinajstić information content (AvgIpc) is 2.22. The van der Waals surface area contributed by atoms with Gasteiger partial charge in [0.2, 0.25) is 5.91 Å². The molecule has 0 saturated carbocycles. The van der Waals surface area contributed by atoms with Gasteiger partial charge in [0, 0.05) is 18.8 Å². The number of hydrogen-bond donors (Lipinski definition) is 4. The van der Waals surface area contributed by atoms with Gasteiger partial charge >= 0.3 is 0 Å². The number of pyridine rings is 1. The van der Waals surface area contributed by atoms with Crippen LogP contribution < -0.4 is 11.1 Å². The van der Waals surface area contributed by atoms with Gasteiger partial charge < -0.3 is 21.3 Å². The van der Waals surface area contributed by atoms with Crippen LogP contribution in [0.15, 0.2) is 12.1 Å². The molecule has 1 amide bonds. The van der Waals surface area contributed by atoms with Crippen molar-refractivity contribution in [1.29, 1.82) is 0 Å². The van der Waals surface area contributed by atoms with E-state index in [0.29, 0.717) is 5.69 Å². The molecular weight excluding hydrogens is 210 g/mol. The SMILES string of the molecule is Cc1ccc(O)c(CNCC(O)C(N)=O)n1. The molecule has 0 fully saturated rings. The molecule has 1 atom stereocenters. The zero-order valence-electron chi connectivity index (χ0n) is 8.97. The summed E-state index contributed by atoms with van der Waals surface area (Å²) in [6, 6.07) is 3.24. The maximum atomic E-state index is 10.5. The molecule has 1 aromatic rings. The van der Waals surface area contributed by atoms with Gasteiger partial charge in [-0.1, -0.05) is 0 Å². The summed E-state index contributed by atoms with van der Waals surface area (Å²) in [7, 11) is 0. The van der Waals surface area contributed by atoms with Crippen LogP contribution in [0, 0.1) is 6.92 Å². The van der Waals surface area contributed by atoms with Crippen LogP contribution in [-0.2, 0) is 11.3 Å². The highest BCUT2D eigenvalue weighted by atomic mass is 16.3. The molecule has 0 radical (unpaired) electrons. The van der Waals surface area contributed by atoms with E-state index in [-0.39, 0.29) is 18.8 Å². The van der Waals surface area contributed by atoms with Gasteiger partial charge in [0.1, 0.15) is 11.9 Å². The van der Waals surface area contributed by atoms with Gasteiger partial charge in [-0.2, -0.15) is 0 Å². The van der Waals surface area contributed by atoms with Crippen LogP contribution in [0.2, 0.25) is 0 Å². The quantitative estimate of drug-likeness (QED) is 0.515. The van der Waals surface area contributed by atoms with Gasteiger partial charge in [-0.05, 0) is 19.1 Å². The third-order valence-electron chi connectivity index (χ3n) is 2.05. The largest absolute Gasteiger partial charge is 0.506 e. The Morgan fingerprint density at radius 3 is 2.94 bits per heavy atom. The third kappa shape index (κ3) is 3.48. The van der Waals surface area contributed by atoms with Gasteiger partial charge in [0.25, 0.3) is 0 Å². The van der Waals surface area contributed by atoms with Gasteiger partial charge in [-0.25, -0.2) is 0 Å². The lowest BCUT2D eigenvalue weighted by Crippen LogP contribution is -2.37. The van der Waals surface area contributed by atoms with Crippen molar-refractivity contribution in [3.05, 3.63) is 23.5 Å². The summed E-state index contributed by atoms with van der Waals surface area (Å²) in [4.78, 5) is 14.6. The Balaban J connectivity index is 2.48. The second kappa shape index (κ2) is 5.43. The number of aromatic hydroxyl groups is 1. The molecule has 1 rings (SSSR count). The van der Waals surface area contributed by atoms with Crippen LogP contribution in [0.25, 0.3) is 0 Å². The van der Waals surface area contributed by atoms with Crippen LogP contribution in [0.5, 0.6) is 5.75 Å². The summed E-state index contributed by atoms with van der Waals surface area (Å²) in [5.74, 6) is -0.708. The molecule has 0 aliphatic carbocycles. The normalized spacial score (nSPS) is 12.4. The number of aliphatic hydroxyl groups is 1. The Hall–Kier alpha value is -1.66. The Morgan fingerprint density at radius 1 is 1.62 bits per heavy atom. The summed E-state index contributed by atoms with van der Waals surface area (Å²) >= 11 is 0. The van der Waals surface area contributed by atoms with Crippen molar-refractivity contribution >= 4 is 5.91 Å². The fourth-order valence-electron chi connectivity index (χ4n) is 1.16. The van der Waals surface area contributed by atoms with Crippen molar-refractivity contribution in [1.82, 2.24) is 10.3 Å². The number of rotatable bonds is 5. The number of amides is 1. The van der Waals surface area contributed by atoms with E-state index >= 15 is 0 Å². The van der Waals surface area contributed by atoms with Crippen LogP contribution in [0.3, 0.4) is 0 Å². The standard InChI is InChI=1S/C10H15N3O3/c1-6-2-3-8(14)7(13-6)4-12-5-9(15)10(11)16/h2-3,9,12,14-15H,4-5H2,1H3,(H2,11,16). The molecule has 1 unspecified atom stereocenters. The zero-order valence-corrected chi connectivity index (χ0v) is 8.97. The molecular formula is C10H15N3O3. The topological polar surface area (TPSA) is 108 Å². The molecule has 0 aromatic carbocycles. The number of nitrogens with one attached hydrogen (secondary N) is 1. The Labute approximate surface area is 93.1 Å². The monoisotopic (exact) mass is 225 g/mol. The summed E-state index contributed by atoms with van der Waals surface area (Å²) in [5, 5.41) is 21.3. The first-order chi connectivity index (χ1) is 7.50. The van der Waals surface area contributed by atoms with E-state index < -0.39 is 12.0 Å². The lowest BCUT2D eigenvalue weighted by Gasteiger charge is -2.09. The van der Waals surface area contributed by atoms with Crippen LogP contribution in [-0.4, -0.2) is 33.8 Å². The van der Waals surface area contributed by atoms with Crippen molar-refractivity contribution in [2.75, 3.05) is 6.54 Å². The molecule has 1 aromatic heterocycles. The predicted octanol–water partition coefficient (Wildman–Crippen LogP) is -0.969. The minimum Gasteiger partial charge on any atom is -0.506 e. The molecule has 0 aliphatic rings.